The van der Waals surface area contributed by atoms with Crippen molar-refractivity contribution in [3.8, 4) is 0 Å². The van der Waals surface area contributed by atoms with Crippen LogP contribution in [0.25, 0.3) is 0 Å². The number of alkyl carbamates (subject to hydrolysis) is 1. The molecular weight excluding hydrogens is 240 g/mol. The average molecular weight is 257 g/mol. The first-order chi connectivity index (χ1) is 7.78. The molecule has 0 aliphatic carbocycles. The molecule has 1 rings (SSSR count). The van der Waals surface area contributed by atoms with Crippen LogP contribution in [0.1, 0.15) is 31.9 Å². The lowest BCUT2D eigenvalue weighted by atomic mass is 10.2. The number of amides is 1. The van der Waals surface area contributed by atoms with Crippen molar-refractivity contribution >= 4 is 17.7 Å². The molecule has 0 aliphatic rings. The Hall–Kier alpha value is -1.29. The van der Waals surface area contributed by atoms with Crippen molar-refractivity contribution in [2.45, 2.75) is 39.8 Å². The number of hydrogen-bond acceptors (Lipinski definition) is 3. The molecule has 0 fully saturated rings. The second kappa shape index (κ2) is 5.36. The second-order valence-electron chi connectivity index (χ2n) is 4.81. The minimum Gasteiger partial charge on any atom is -0.444 e. The van der Waals surface area contributed by atoms with Crippen molar-refractivity contribution in [1.29, 1.82) is 0 Å². The lowest BCUT2D eigenvalue weighted by Crippen LogP contribution is -2.32. The molecule has 0 radical (unpaired) electrons. The normalized spacial score (nSPS) is 11.1. The summed E-state index contributed by atoms with van der Waals surface area (Å²) in [7, 11) is 0. The summed E-state index contributed by atoms with van der Waals surface area (Å²) >= 11 is 5.81. The molecule has 1 aromatic rings. The number of carbonyl (C=O) groups is 1. The van der Waals surface area contributed by atoms with Gasteiger partial charge in [-0.1, -0.05) is 11.6 Å². The van der Waals surface area contributed by atoms with Gasteiger partial charge < -0.3 is 10.1 Å². The molecule has 0 bridgehead atoms. The van der Waals surface area contributed by atoms with Gasteiger partial charge in [0.2, 0.25) is 0 Å². The lowest BCUT2D eigenvalue weighted by molar-refractivity contribution is 0.0523. The van der Waals surface area contributed by atoms with Gasteiger partial charge in [-0.25, -0.2) is 9.78 Å². The average Bonchev–Trinajstić information content (AvgIpc) is 2.17. The molecule has 17 heavy (non-hydrogen) atoms. The summed E-state index contributed by atoms with van der Waals surface area (Å²) in [5, 5.41) is 3.14. The Labute approximate surface area is 106 Å². The molecule has 1 heterocycles. The largest absolute Gasteiger partial charge is 0.444 e. The predicted molar refractivity (Wildman–Crippen MR) is 67.1 cm³/mol. The van der Waals surface area contributed by atoms with Crippen molar-refractivity contribution in [2.24, 2.45) is 0 Å². The third kappa shape index (κ3) is 5.04. The molecule has 5 heteroatoms. The standard InChI is InChI=1S/C12H17ClN2O2/c1-8-5-9(6-14-10(8)13)7-15-11(16)17-12(2,3)4/h5-6H,7H2,1-4H3,(H,15,16). The zero-order valence-electron chi connectivity index (χ0n) is 10.5. The van der Waals surface area contributed by atoms with E-state index in [-0.39, 0.29) is 0 Å². The van der Waals surface area contributed by atoms with E-state index in [9.17, 15) is 4.79 Å². The Morgan fingerprint density at radius 2 is 2.18 bits per heavy atom. The number of hydrogen-bond donors (Lipinski definition) is 1. The van der Waals surface area contributed by atoms with Gasteiger partial charge in [0.05, 0.1) is 0 Å². The molecule has 0 aromatic carbocycles. The Morgan fingerprint density at radius 3 is 2.71 bits per heavy atom. The summed E-state index contributed by atoms with van der Waals surface area (Å²) in [6, 6.07) is 1.88. The van der Waals surface area contributed by atoms with Crippen LogP contribution in [0.5, 0.6) is 0 Å². The Morgan fingerprint density at radius 1 is 1.53 bits per heavy atom. The van der Waals surface area contributed by atoms with Crippen LogP contribution in [-0.2, 0) is 11.3 Å². The number of ether oxygens (including phenoxy) is 1. The molecule has 1 N–H and O–H groups in total. The van der Waals surface area contributed by atoms with E-state index in [0.29, 0.717) is 11.7 Å². The van der Waals surface area contributed by atoms with E-state index < -0.39 is 11.7 Å². The monoisotopic (exact) mass is 256 g/mol. The van der Waals surface area contributed by atoms with Crippen molar-refractivity contribution in [1.82, 2.24) is 10.3 Å². The summed E-state index contributed by atoms with van der Waals surface area (Å²) in [5.41, 5.74) is 1.28. The van der Waals surface area contributed by atoms with Gasteiger partial charge in [-0.05, 0) is 44.9 Å². The van der Waals surface area contributed by atoms with E-state index in [2.05, 4.69) is 10.3 Å². The van der Waals surface area contributed by atoms with Gasteiger partial charge in [-0.3, -0.25) is 0 Å². The Balaban J connectivity index is 2.50. The molecule has 0 atom stereocenters. The zero-order chi connectivity index (χ0) is 13.1. The molecule has 0 aliphatic heterocycles. The van der Waals surface area contributed by atoms with Crippen LogP contribution < -0.4 is 5.32 Å². The highest BCUT2D eigenvalue weighted by Gasteiger charge is 2.15. The van der Waals surface area contributed by atoms with Gasteiger partial charge in [0.25, 0.3) is 0 Å². The third-order valence-electron chi connectivity index (χ3n) is 1.91. The van der Waals surface area contributed by atoms with Crippen LogP contribution >= 0.6 is 11.6 Å². The first kappa shape index (κ1) is 13.8. The van der Waals surface area contributed by atoms with E-state index in [1.54, 1.807) is 6.20 Å². The quantitative estimate of drug-likeness (QED) is 0.828. The number of nitrogens with zero attached hydrogens (tertiary/aromatic N) is 1. The number of nitrogens with one attached hydrogen (secondary N) is 1. The first-order valence-electron chi connectivity index (χ1n) is 5.36. The SMILES string of the molecule is Cc1cc(CNC(=O)OC(C)(C)C)cnc1Cl. The van der Waals surface area contributed by atoms with Crippen molar-refractivity contribution < 1.29 is 9.53 Å². The first-order valence-corrected chi connectivity index (χ1v) is 5.73. The van der Waals surface area contributed by atoms with Gasteiger partial charge in [-0.2, -0.15) is 0 Å². The summed E-state index contributed by atoms with van der Waals surface area (Å²) < 4.78 is 5.12. The van der Waals surface area contributed by atoms with Crippen LogP contribution in [0.2, 0.25) is 5.15 Å². The number of pyridine rings is 1. The summed E-state index contributed by atoms with van der Waals surface area (Å²) in [5.74, 6) is 0. The van der Waals surface area contributed by atoms with Gasteiger partial charge in [-0.15, -0.1) is 0 Å². The lowest BCUT2D eigenvalue weighted by Gasteiger charge is -2.19. The summed E-state index contributed by atoms with van der Waals surface area (Å²) in [6.45, 7) is 7.70. The summed E-state index contributed by atoms with van der Waals surface area (Å²) in [6.07, 6.45) is 1.19. The fourth-order valence-corrected chi connectivity index (χ4v) is 1.30. The van der Waals surface area contributed by atoms with Crippen molar-refractivity contribution in [3.05, 3.63) is 28.5 Å². The highest BCUT2D eigenvalue weighted by molar-refractivity contribution is 6.30. The minimum atomic E-state index is -0.488. The van der Waals surface area contributed by atoms with Crippen molar-refractivity contribution in [3.63, 3.8) is 0 Å². The number of rotatable bonds is 2. The molecule has 1 aromatic heterocycles. The smallest absolute Gasteiger partial charge is 0.407 e. The number of carbonyl (C=O) groups excluding carboxylic acids is 1. The second-order valence-corrected chi connectivity index (χ2v) is 5.16. The summed E-state index contributed by atoms with van der Waals surface area (Å²) in [4.78, 5) is 15.4. The van der Waals surface area contributed by atoms with Crippen LogP contribution in [0.15, 0.2) is 12.3 Å². The molecule has 0 unspecified atom stereocenters. The Bertz CT molecular complexity index is 413. The fourth-order valence-electron chi connectivity index (χ4n) is 1.20. The Kier molecular flexibility index (Phi) is 4.34. The van der Waals surface area contributed by atoms with Crippen LogP contribution in [0, 0.1) is 6.92 Å². The fraction of sp³-hybridized carbons (Fsp3) is 0.500. The van der Waals surface area contributed by atoms with Crippen LogP contribution in [0.3, 0.4) is 0 Å². The maximum Gasteiger partial charge on any atom is 0.407 e. The zero-order valence-corrected chi connectivity index (χ0v) is 11.3. The number of halogens is 1. The van der Waals surface area contributed by atoms with Gasteiger partial charge >= 0.3 is 6.09 Å². The molecule has 4 nitrogen and oxygen atoms in total. The van der Waals surface area contributed by atoms with Crippen molar-refractivity contribution in [2.75, 3.05) is 0 Å². The van der Waals surface area contributed by atoms with E-state index in [1.807, 2.05) is 33.8 Å². The molecule has 1 amide bonds. The number of aryl methyl sites for hydroxylation is 1. The molecule has 0 saturated carbocycles. The van der Waals surface area contributed by atoms with E-state index in [1.165, 1.54) is 0 Å². The topological polar surface area (TPSA) is 51.2 Å². The van der Waals surface area contributed by atoms with Gasteiger partial charge in [0, 0.05) is 12.7 Å². The molecule has 0 spiro atoms. The minimum absolute atomic E-state index is 0.375. The molecular formula is C12H17ClN2O2. The van der Waals surface area contributed by atoms with E-state index in [0.717, 1.165) is 11.1 Å². The highest BCUT2D eigenvalue weighted by atomic mass is 35.5. The molecule has 0 saturated heterocycles. The maximum absolute atomic E-state index is 11.4. The number of aromatic nitrogens is 1. The molecule has 94 valence electrons. The maximum atomic E-state index is 11.4. The highest BCUT2D eigenvalue weighted by Crippen LogP contribution is 2.12. The predicted octanol–water partition coefficient (Wildman–Crippen LogP) is 3.07. The third-order valence-corrected chi connectivity index (χ3v) is 2.30. The van der Waals surface area contributed by atoms with Crippen LogP contribution in [0.4, 0.5) is 4.79 Å². The van der Waals surface area contributed by atoms with E-state index in [4.69, 9.17) is 16.3 Å². The van der Waals surface area contributed by atoms with Gasteiger partial charge in [0.15, 0.2) is 0 Å². The van der Waals surface area contributed by atoms with E-state index >= 15 is 0 Å². The van der Waals surface area contributed by atoms with Crippen LogP contribution in [-0.4, -0.2) is 16.7 Å². The van der Waals surface area contributed by atoms with Gasteiger partial charge in [0.1, 0.15) is 10.8 Å².